The molecule has 0 aliphatic heterocycles. The number of hydrogen-bond acceptors (Lipinski definition) is 2. The second-order valence-corrected chi connectivity index (χ2v) is 2.10. The maximum atomic E-state index is 11.8. The smallest absolute Gasteiger partial charge is 0.257 e. The third-order valence-corrected chi connectivity index (χ3v) is 1.32. The van der Waals surface area contributed by atoms with E-state index in [0.717, 1.165) is 0 Å². The first kappa shape index (κ1) is 8.13. The van der Waals surface area contributed by atoms with Crippen LogP contribution < -0.4 is 5.73 Å². The molecule has 1 heterocycles. The van der Waals surface area contributed by atoms with E-state index in [-0.39, 0.29) is 13.1 Å². The third kappa shape index (κ3) is 1.98. The molecular weight excluding hydrogens is 152 g/mol. The average Bonchev–Trinajstić information content (AvgIpc) is 2.34. The van der Waals surface area contributed by atoms with E-state index in [0.29, 0.717) is 5.69 Å². The highest BCUT2D eigenvalue weighted by molar-refractivity contribution is 4.99. The van der Waals surface area contributed by atoms with Gasteiger partial charge in [-0.25, -0.2) is 8.78 Å². The minimum Gasteiger partial charge on any atom is -0.325 e. The largest absolute Gasteiger partial charge is 0.325 e. The van der Waals surface area contributed by atoms with E-state index in [1.165, 1.54) is 10.9 Å². The van der Waals surface area contributed by atoms with Crippen LogP contribution in [-0.4, -0.2) is 16.2 Å². The summed E-state index contributed by atoms with van der Waals surface area (Å²) in [5, 5.41) is 3.68. The van der Waals surface area contributed by atoms with Gasteiger partial charge in [-0.2, -0.15) is 5.10 Å². The highest BCUT2D eigenvalue weighted by atomic mass is 19.3. The molecule has 0 saturated carbocycles. The molecule has 0 unspecified atom stereocenters. The second-order valence-electron chi connectivity index (χ2n) is 2.10. The molecule has 1 aromatic rings. The molecule has 0 atom stereocenters. The van der Waals surface area contributed by atoms with Crippen molar-refractivity contribution in [2.24, 2.45) is 5.73 Å². The van der Waals surface area contributed by atoms with Gasteiger partial charge < -0.3 is 5.73 Å². The van der Waals surface area contributed by atoms with Crippen LogP contribution >= 0.6 is 0 Å². The van der Waals surface area contributed by atoms with Gasteiger partial charge in [0.15, 0.2) is 0 Å². The van der Waals surface area contributed by atoms with Crippen LogP contribution in [0, 0.1) is 0 Å². The quantitative estimate of drug-likeness (QED) is 0.705. The first-order valence-electron chi connectivity index (χ1n) is 3.23. The van der Waals surface area contributed by atoms with Crippen molar-refractivity contribution in [3.05, 3.63) is 18.0 Å². The molecule has 0 amide bonds. The summed E-state index contributed by atoms with van der Waals surface area (Å²) in [5.74, 6) is 0. The predicted molar refractivity (Wildman–Crippen MR) is 36.1 cm³/mol. The van der Waals surface area contributed by atoms with Crippen molar-refractivity contribution in [3.8, 4) is 0 Å². The Kier molecular flexibility index (Phi) is 2.53. The molecule has 3 nitrogen and oxygen atoms in total. The summed E-state index contributed by atoms with van der Waals surface area (Å²) >= 11 is 0. The van der Waals surface area contributed by atoms with Crippen LogP contribution in [-0.2, 0) is 13.1 Å². The number of rotatable bonds is 3. The molecule has 0 spiro atoms. The summed E-state index contributed by atoms with van der Waals surface area (Å²) in [5.41, 5.74) is 5.89. The molecule has 11 heavy (non-hydrogen) atoms. The van der Waals surface area contributed by atoms with E-state index in [1.807, 2.05) is 0 Å². The summed E-state index contributed by atoms with van der Waals surface area (Å²) in [6.07, 6.45) is -0.912. The number of alkyl halides is 2. The van der Waals surface area contributed by atoms with Gasteiger partial charge in [0.05, 0.1) is 5.69 Å². The fraction of sp³-hybridized carbons (Fsp3) is 0.500. The predicted octanol–water partition coefficient (Wildman–Crippen LogP) is 0.607. The second kappa shape index (κ2) is 3.43. The van der Waals surface area contributed by atoms with Gasteiger partial charge >= 0.3 is 0 Å². The van der Waals surface area contributed by atoms with Gasteiger partial charge in [-0.05, 0) is 6.07 Å². The van der Waals surface area contributed by atoms with Gasteiger partial charge in [-0.15, -0.1) is 0 Å². The summed E-state index contributed by atoms with van der Waals surface area (Å²) in [6.45, 7) is -0.133. The summed E-state index contributed by atoms with van der Waals surface area (Å²) < 4.78 is 24.8. The Morgan fingerprint density at radius 3 is 2.91 bits per heavy atom. The van der Waals surface area contributed by atoms with Crippen molar-refractivity contribution >= 4 is 0 Å². The zero-order valence-electron chi connectivity index (χ0n) is 5.87. The Balaban J connectivity index is 2.68. The number of nitrogens with zero attached hydrogens (tertiary/aromatic N) is 2. The van der Waals surface area contributed by atoms with Crippen LogP contribution in [0.25, 0.3) is 0 Å². The van der Waals surface area contributed by atoms with E-state index in [2.05, 4.69) is 5.10 Å². The van der Waals surface area contributed by atoms with Crippen LogP contribution in [0.4, 0.5) is 8.78 Å². The number of hydrogen-bond donors (Lipinski definition) is 1. The zero-order valence-corrected chi connectivity index (χ0v) is 5.87. The first-order chi connectivity index (χ1) is 5.24. The SMILES string of the molecule is NCc1ccnn1CC(F)F. The van der Waals surface area contributed by atoms with E-state index >= 15 is 0 Å². The Morgan fingerprint density at radius 2 is 2.36 bits per heavy atom. The molecule has 5 heteroatoms. The zero-order chi connectivity index (χ0) is 8.27. The van der Waals surface area contributed by atoms with Crippen LogP contribution in [0.5, 0.6) is 0 Å². The molecule has 1 aromatic heterocycles. The lowest BCUT2D eigenvalue weighted by Crippen LogP contribution is -2.13. The van der Waals surface area contributed by atoms with Crippen molar-refractivity contribution in [1.82, 2.24) is 9.78 Å². The molecule has 0 aliphatic carbocycles. The first-order valence-corrected chi connectivity index (χ1v) is 3.23. The lowest BCUT2D eigenvalue weighted by atomic mass is 10.4. The Morgan fingerprint density at radius 1 is 1.64 bits per heavy atom. The maximum absolute atomic E-state index is 11.8. The van der Waals surface area contributed by atoms with Crippen molar-refractivity contribution in [1.29, 1.82) is 0 Å². The fourth-order valence-electron chi connectivity index (χ4n) is 0.829. The van der Waals surface area contributed by atoms with E-state index in [4.69, 9.17) is 5.73 Å². The molecule has 1 rings (SSSR count). The number of aromatic nitrogens is 2. The topological polar surface area (TPSA) is 43.8 Å². The molecular formula is C6H9F2N3. The van der Waals surface area contributed by atoms with Gasteiger partial charge in [0.25, 0.3) is 6.43 Å². The monoisotopic (exact) mass is 161 g/mol. The van der Waals surface area contributed by atoms with Crippen LogP contribution in [0.2, 0.25) is 0 Å². The number of nitrogens with two attached hydrogens (primary N) is 1. The molecule has 0 radical (unpaired) electrons. The molecule has 0 aromatic carbocycles. The summed E-state index contributed by atoms with van der Waals surface area (Å²) in [4.78, 5) is 0. The molecule has 0 fully saturated rings. The number of halogens is 2. The molecule has 0 saturated heterocycles. The Labute approximate surface area is 62.8 Å². The molecule has 0 aliphatic rings. The van der Waals surface area contributed by atoms with Crippen molar-refractivity contribution in [3.63, 3.8) is 0 Å². The minimum absolute atomic E-state index is 0.243. The standard InChI is InChI=1S/C6H9F2N3/c7-6(8)4-11-5(3-9)1-2-10-11/h1-2,6H,3-4,9H2. The third-order valence-electron chi connectivity index (χ3n) is 1.32. The van der Waals surface area contributed by atoms with Gasteiger partial charge in [0, 0.05) is 12.7 Å². The molecule has 62 valence electrons. The summed E-state index contributed by atoms with van der Waals surface area (Å²) in [6, 6.07) is 1.63. The van der Waals surface area contributed by atoms with Gasteiger partial charge in [0.1, 0.15) is 6.54 Å². The average molecular weight is 161 g/mol. The maximum Gasteiger partial charge on any atom is 0.257 e. The van der Waals surface area contributed by atoms with Gasteiger partial charge in [-0.1, -0.05) is 0 Å². The van der Waals surface area contributed by atoms with Gasteiger partial charge in [0.2, 0.25) is 0 Å². The highest BCUT2D eigenvalue weighted by Crippen LogP contribution is 2.01. The Hall–Kier alpha value is -0.970. The molecule has 2 N–H and O–H groups in total. The van der Waals surface area contributed by atoms with Gasteiger partial charge in [-0.3, -0.25) is 4.68 Å². The minimum atomic E-state index is -2.37. The molecule has 0 bridgehead atoms. The van der Waals surface area contributed by atoms with E-state index < -0.39 is 6.43 Å². The Bertz CT molecular complexity index is 221. The fourth-order valence-corrected chi connectivity index (χ4v) is 0.829. The van der Waals surface area contributed by atoms with Crippen LogP contribution in [0.1, 0.15) is 5.69 Å². The normalized spacial score (nSPS) is 10.9. The van der Waals surface area contributed by atoms with E-state index in [1.54, 1.807) is 6.07 Å². The van der Waals surface area contributed by atoms with Crippen LogP contribution in [0.3, 0.4) is 0 Å². The highest BCUT2D eigenvalue weighted by Gasteiger charge is 2.06. The lowest BCUT2D eigenvalue weighted by Gasteiger charge is -2.03. The van der Waals surface area contributed by atoms with Crippen molar-refractivity contribution in [2.75, 3.05) is 0 Å². The van der Waals surface area contributed by atoms with Crippen molar-refractivity contribution in [2.45, 2.75) is 19.5 Å². The summed E-state index contributed by atoms with van der Waals surface area (Å²) in [7, 11) is 0. The lowest BCUT2D eigenvalue weighted by molar-refractivity contribution is 0.120. The van der Waals surface area contributed by atoms with Crippen LogP contribution in [0.15, 0.2) is 12.3 Å². The van der Waals surface area contributed by atoms with Crippen molar-refractivity contribution < 1.29 is 8.78 Å². The van der Waals surface area contributed by atoms with E-state index in [9.17, 15) is 8.78 Å².